The molecule has 0 aliphatic carbocycles. The predicted octanol–water partition coefficient (Wildman–Crippen LogP) is 4.66. The number of aromatic nitrogens is 1. The molecule has 1 aromatic heterocycles. The molecule has 4 heteroatoms. The molecular formula is C19H28N2O2. The zero-order chi connectivity index (χ0) is 16.5. The summed E-state index contributed by atoms with van der Waals surface area (Å²) in [5.74, 6) is 2.24. The smallest absolute Gasteiger partial charge is 0.226 e. The maximum absolute atomic E-state index is 5.58. The van der Waals surface area contributed by atoms with Gasteiger partial charge < -0.3 is 14.5 Å². The summed E-state index contributed by atoms with van der Waals surface area (Å²) < 4.78 is 10.7. The third-order valence-electron chi connectivity index (χ3n) is 4.17. The highest BCUT2D eigenvalue weighted by Gasteiger charge is 2.09. The van der Waals surface area contributed by atoms with E-state index in [1.807, 2.05) is 24.3 Å². The number of benzene rings is 1. The molecule has 0 aliphatic rings. The van der Waals surface area contributed by atoms with Crippen LogP contribution in [0.4, 0.5) is 0 Å². The second-order valence-corrected chi connectivity index (χ2v) is 5.92. The Balaban J connectivity index is 1.84. The van der Waals surface area contributed by atoms with E-state index < -0.39 is 0 Å². The summed E-state index contributed by atoms with van der Waals surface area (Å²) in [7, 11) is 1.66. The molecule has 0 amide bonds. The molecule has 1 unspecified atom stereocenters. The van der Waals surface area contributed by atoms with Crippen LogP contribution in [0.1, 0.15) is 45.2 Å². The highest BCUT2D eigenvalue weighted by atomic mass is 16.5. The molecule has 1 heterocycles. The molecule has 1 N–H and O–H groups in total. The number of nitrogens with zero attached hydrogens (tertiary/aromatic N) is 1. The fourth-order valence-corrected chi connectivity index (χ4v) is 2.60. The largest absolute Gasteiger partial charge is 0.497 e. The molecule has 2 rings (SSSR count). The van der Waals surface area contributed by atoms with Gasteiger partial charge in [-0.25, -0.2) is 4.98 Å². The van der Waals surface area contributed by atoms with Crippen molar-refractivity contribution >= 4 is 0 Å². The maximum atomic E-state index is 5.58. The van der Waals surface area contributed by atoms with Crippen molar-refractivity contribution in [1.29, 1.82) is 0 Å². The van der Waals surface area contributed by atoms with E-state index in [9.17, 15) is 0 Å². The monoisotopic (exact) mass is 316 g/mol. The fourth-order valence-electron chi connectivity index (χ4n) is 2.60. The normalized spacial score (nSPS) is 12.3. The summed E-state index contributed by atoms with van der Waals surface area (Å²) in [6.07, 6.45) is 6.84. The summed E-state index contributed by atoms with van der Waals surface area (Å²) >= 11 is 0. The van der Waals surface area contributed by atoms with E-state index in [2.05, 4.69) is 24.1 Å². The number of ether oxygens (including phenoxy) is 1. The number of hydrogen-bond acceptors (Lipinski definition) is 4. The van der Waals surface area contributed by atoms with Crippen molar-refractivity contribution < 1.29 is 9.15 Å². The van der Waals surface area contributed by atoms with Gasteiger partial charge in [0, 0.05) is 12.1 Å². The summed E-state index contributed by atoms with van der Waals surface area (Å²) in [4.78, 5) is 4.55. The Kier molecular flexibility index (Phi) is 7.14. The molecule has 1 atom stereocenters. The highest BCUT2D eigenvalue weighted by molar-refractivity contribution is 5.54. The standard InChI is InChI=1S/C19H28N2O2/c1-4-6-7-15(5-2)12-20-13-17-14-23-19(21-17)16-8-10-18(22-3)11-9-16/h8-11,14-15,20H,4-7,12-13H2,1-3H3. The van der Waals surface area contributed by atoms with Crippen molar-refractivity contribution in [3.05, 3.63) is 36.2 Å². The lowest BCUT2D eigenvalue weighted by Crippen LogP contribution is -2.22. The van der Waals surface area contributed by atoms with Crippen molar-refractivity contribution in [1.82, 2.24) is 10.3 Å². The molecule has 0 saturated carbocycles. The van der Waals surface area contributed by atoms with E-state index in [0.29, 0.717) is 5.89 Å². The number of nitrogens with one attached hydrogen (secondary N) is 1. The van der Waals surface area contributed by atoms with E-state index in [0.717, 1.165) is 36.0 Å². The second kappa shape index (κ2) is 9.36. The molecule has 23 heavy (non-hydrogen) atoms. The number of rotatable bonds is 10. The van der Waals surface area contributed by atoms with Crippen LogP contribution in [0.5, 0.6) is 5.75 Å². The van der Waals surface area contributed by atoms with E-state index in [4.69, 9.17) is 9.15 Å². The molecule has 0 fully saturated rings. The van der Waals surface area contributed by atoms with Crippen LogP contribution < -0.4 is 10.1 Å². The van der Waals surface area contributed by atoms with E-state index in [1.165, 1.54) is 25.7 Å². The number of methoxy groups -OCH3 is 1. The van der Waals surface area contributed by atoms with Crippen molar-refractivity contribution in [2.45, 2.75) is 46.1 Å². The van der Waals surface area contributed by atoms with Crippen molar-refractivity contribution in [3.8, 4) is 17.2 Å². The van der Waals surface area contributed by atoms with Crippen LogP contribution in [0.25, 0.3) is 11.5 Å². The molecule has 0 saturated heterocycles. The summed E-state index contributed by atoms with van der Waals surface area (Å²) in [6, 6.07) is 7.74. The summed E-state index contributed by atoms with van der Waals surface area (Å²) in [6.45, 7) is 6.31. The molecule has 0 aliphatic heterocycles. The third kappa shape index (κ3) is 5.39. The van der Waals surface area contributed by atoms with Gasteiger partial charge >= 0.3 is 0 Å². The number of hydrogen-bond donors (Lipinski definition) is 1. The SMILES string of the molecule is CCCCC(CC)CNCc1coc(-c2ccc(OC)cc2)n1. The molecule has 0 bridgehead atoms. The average Bonchev–Trinajstić information content (AvgIpc) is 3.07. The first-order chi connectivity index (χ1) is 11.3. The minimum Gasteiger partial charge on any atom is -0.497 e. The Morgan fingerprint density at radius 3 is 2.65 bits per heavy atom. The highest BCUT2D eigenvalue weighted by Crippen LogP contribution is 2.21. The molecule has 2 aromatic rings. The van der Waals surface area contributed by atoms with Gasteiger partial charge in [0.15, 0.2) is 0 Å². The van der Waals surface area contributed by atoms with Crippen LogP contribution in [0, 0.1) is 5.92 Å². The lowest BCUT2D eigenvalue weighted by atomic mass is 9.99. The van der Waals surface area contributed by atoms with Gasteiger partial charge in [-0.1, -0.05) is 33.1 Å². The molecule has 126 valence electrons. The van der Waals surface area contributed by atoms with E-state index in [1.54, 1.807) is 13.4 Å². The quantitative estimate of drug-likeness (QED) is 0.692. The van der Waals surface area contributed by atoms with Crippen LogP contribution in [0.3, 0.4) is 0 Å². The Morgan fingerprint density at radius 1 is 1.22 bits per heavy atom. The van der Waals surface area contributed by atoms with Crippen LogP contribution >= 0.6 is 0 Å². The number of unbranched alkanes of at least 4 members (excludes halogenated alkanes) is 1. The molecule has 4 nitrogen and oxygen atoms in total. The van der Waals surface area contributed by atoms with Gasteiger partial charge in [-0.2, -0.15) is 0 Å². The topological polar surface area (TPSA) is 47.3 Å². The first kappa shape index (κ1) is 17.5. The Hall–Kier alpha value is -1.81. The van der Waals surface area contributed by atoms with Gasteiger partial charge in [0.05, 0.1) is 12.8 Å². The van der Waals surface area contributed by atoms with Crippen LogP contribution in [-0.2, 0) is 6.54 Å². The van der Waals surface area contributed by atoms with Gasteiger partial charge in [-0.15, -0.1) is 0 Å². The Bertz CT molecular complexity index is 563. The molecule has 0 spiro atoms. The molecule has 0 radical (unpaired) electrons. The zero-order valence-electron chi connectivity index (χ0n) is 14.5. The lowest BCUT2D eigenvalue weighted by molar-refractivity contribution is 0.415. The van der Waals surface area contributed by atoms with Crippen LogP contribution in [0.15, 0.2) is 34.9 Å². The summed E-state index contributed by atoms with van der Waals surface area (Å²) in [5.41, 5.74) is 1.91. The first-order valence-electron chi connectivity index (χ1n) is 8.56. The first-order valence-corrected chi connectivity index (χ1v) is 8.56. The summed E-state index contributed by atoms with van der Waals surface area (Å²) in [5, 5.41) is 3.50. The van der Waals surface area contributed by atoms with Crippen LogP contribution in [0.2, 0.25) is 0 Å². The average molecular weight is 316 g/mol. The van der Waals surface area contributed by atoms with Crippen molar-refractivity contribution in [2.75, 3.05) is 13.7 Å². The minimum absolute atomic E-state index is 0.655. The lowest BCUT2D eigenvalue weighted by Gasteiger charge is -2.14. The van der Waals surface area contributed by atoms with Crippen molar-refractivity contribution in [3.63, 3.8) is 0 Å². The van der Waals surface area contributed by atoms with Crippen LogP contribution in [-0.4, -0.2) is 18.6 Å². The molecular weight excluding hydrogens is 288 g/mol. The molecule has 1 aromatic carbocycles. The van der Waals surface area contributed by atoms with Gasteiger partial charge in [0.25, 0.3) is 0 Å². The maximum Gasteiger partial charge on any atom is 0.226 e. The van der Waals surface area contributed by atoms with E-state index in [-0.39, 0.29) is 0 Å². The fraction of sp³-hybridized carbons (Fsp3) is 0.526. The third-order valence-corrected chi connectivity index (χ3v) is 4.17. The van der Waals surface area contributed by atoms with E-state index >= 15 is 0 Å². The predicted molar refractivity (Wildman–Crippen MR) is 93.5 cm³/mol. The van der Waals surface area contributed by atoms with Gasteiger partial charge in [-0.3, -0.25) is 0 Å². The minimum atomic E-state index is 0.655. The number of oxazole rings is 1. The van der Waals surface area contributed by atoms with Gasteiger partial charge in [0.1, 0.15) is 12.0 Å². The van der Waals surface area contributed by atoms with Gasteiger partial charge in [-0.05, 0) is 43.1 Å². The van der Waals surface area contributed by atoms with Crippen molar-refractivity contribution in [2.24, 2.45) is 5.92 Å². The van der Waals surface area contributed by atoms with Gasteiger partial charge in [0.2, 0.25) is 5.89 Å². The Morgan fingerprint density at radius 2 is 2.00 bits per heavy atom. The second-order valence-electron chi connectivity index (χ2n) is 5.92. The Labute approximate surface area is 139 Å². The zero-order valence-corrected chi connectivity index (χ0v) is 14.5.